The molecule has 0 saturated carbocycles. The maximum atomic E-state index is 12.7. The first-order valence-electron chi connectivity index (χ1n) is 9.85. The number of nitrogens with zero attached hydrogens (tertiary/aromatic N) is 3. The highest BCUT2D eigenvalue weighted by atomic mass is 32.2. The number of rotatable bonds is 9. The predicted octanol–water partition coefficient (Wildman–Crippen LogP) is 3.90. The first-order chi connectivity index (χ1) is 16.7. The molecule has 1 aliphatic heterocycles. The van der Waals surface area contributed by atoms with Gasteiger partial charge >= 0.3 is 11.7 Å². The molecule has 1 heterocycles. The number of nitro groups is 2. The summed E-state index contributed by atoms with van der Waals surface area (Å²) in [4.78, 5) is 58.3. The van der Waals surface area contributed by atoms with Crippen LogP contribution in [-0.2, 0) is 14.3 Å². The molecule has 35 heavy (non-hydrogen) atoms. The summed E-state index contributed by atoms with van der Waals surface area (Å²) < 4.78 is 15.8. The molecule has 1 aliphatic rings. The molecule has 2 aromatic rings. The lowest BCUT2D eigenvalue weighted by Crippen LogP contribution is -2.34. The van der Waals surface area contributed by atoms with Gasteiger partial charge < -0.3 is 14.2 Å². The second-order valence-corrected chi connectivity index (χ2v) is 7.71. The summed E-state index contributed by atoms with van der Waals surface area (Å²) in [6, 6.07) is 7.43. The SMILES string of the molecule is CCOC(=O)CN1C(=O)S/C(=C/c2cccc(OC)c2Oc2ccc([N+](=O)[O-])cc2[N+](=O)[O-])C1=O. The van der Waals surface area contributed by atoms with Crippen LogP contribution in [-0.4, -0.2) is 52.1 Å². The van der Waals surface area contributed by atoms with Gasteiger partial charge in [-0.1, -0.05) is 12.1 Å². The van der Waals surface area contributed by atoms with E-state index in [4.69, 9.17) is 14.2 Å². The van der Waals surface area contributed by atoms with Gasteiger partial charge in [-0.25, -0.2) is 0 Å². The summed E-state index contributed by atoms with van der Waals surface area (Å²) in [5.41, 5.74) is -0.941. The predicted molar refractivity (Wildman–Crippen MR) is 122 cm³/mol. The second kappa shape index (κ2) is 10.6. The maximum absolute atomic E-state index is 12.7. The lowest BCUT2D eigenvalue weighted by molar-refractivity contribution is -0.394. The van der Waals surface area contributed by atoms with Crippen molar-refractivity contribution in [2.45, 2.75) is 6.92 Å². The van der Waals surface area contributed by atoms with E-state index in [1.807, 2.05) is 0 Å². The van der Waals surface area contributed by atoms with Gasteiger partial charge in [0.1, 0.15) is 6.54 Å². The van der Waals surface area contributed by atoms with Gasteiger partial charge in [-0.05, 0) is 36.9 Å². The monoisotopic (exact) mass is 503 g/mol. The van der Waals surface area contributed by atoms with Crippen LogP contribution in [0.4, 0.5) is 16.2 Å². The number of ether oxygens (including phenoxy) is 3. The van der Waals surface area contributed by atoms with Crippen molar-refractivity contribution in [3.8, 4) is 17.2 Å². The number of para-hydroxylation sites is 1. The first-order valence-corrected chi connectivity index (χ1v) is 10.7. The molecule has 0 unspecified atom stereocenters. The number of imide groups is 1. The maximum Gasteiger partial charge on any atom is 0.326 e. The van der Waals surface area contributed by atoms with Crippen LogP contribution in [0.1, 0.15) is 12.5 Å². The zero-order valence-corrected chi connectivity index (χ0v) is 19.1. The molecule has 2 amide bonds. The third-order valence-electron chi connectivity index (χ3n) is 4.54. The van der Waals surface area contributed by atoms with E-state index in [0.717, 1.165) is 23.1 Å². The lowest BCUT2D eigenvalue weighted by atomic mass is 10.1. The summed E-state index contributed by atoms with van der Waals surface area (Å²) in [6.07, 6.45) is 1.31. The van der Waals surface area contributed by atoms with Gasteiger partial charge in [0.05, 0.1) is 34.5 Å². The molecule has 0 atom stereocenters. The van der Waals surface area contributed by atoms with E-state index in [2.05, 4.69) is 0 Å². The number of methoxy groups -OCH3 is 1. The number of esters is 1. The number of benzene rings is 2. The summed E-state index contributed by atoms with van der Waals surface area (Å²) >= 11 is 0.590. The van der Waals surface area contributed by atoms with Gasteiger partial charge in [0.25, 0.3) is 16.8 Å². The molecule has 0 N–H and O–H groups in total. The van der Waals surface area contributed by atoms with Crippen LogP contribution in [0.25, 0.3) is 6.08 Å². The van der Waals surface area contributed by atoms with Crippen LogP contribution in [0, 0.1) is 20.2 Å². The molecule has 182 valence electrons. The van der Waals surface area contributed by atoms with Gasteiger partial charge in [-0.3, -0.25) is 39.5 Å². The van der Waals surface area contributed by atoms with Crippen molar-refractivity contribution in [3.05, 3.63) is 67.1 Å². The Hall–Kier alpha value is -4.46. The molecular weight excluding hydrogens is 486 g/mol. The molecule has 0 bridgehead atoms. The van der Waals surface area contributed by atoms with Crippen molar-refractivity contribution in [2.24, 2.45) is 0 Å². The Labute approximate surface area is 201 Å². The number of hydrogen-bond donors (Lipinski definition) is 0. The minimum Gasteiger partial charge on any atom is -0.493 e. The van der Waals surface area contributed by atoms with E-state index in [0.29, 0.717) is 11.8 Å². The summed E-state index contributed by atoms with van der Waals surface area (Å²) in [6.45, 7) is 1.13. The molecule has 1 saturated heterocycles. The van der Waals surface area contributed by atoms with Crippen LogP contribution in [0.3, 0.4) is 0 Å². The van der Waals surface area contributed by atoms with Gasteiger partial charge in [-0.2, -0.15) is 0 Å². The van der Waals surface area contributed by atoms with Crippen molar-refractivity contribution in [1.82, 2.24) is 4.90 Å². The molecule has 13 nitrogen and oxygen atoms in total. The Balaban J connectivity index is 2.00. The highest BCUT2D eigenvalue weighted by Gasteiger charge is 2.37. The third kappa shape index (κ3) is 5.55. The van der Waals surface area contributed by atoms with Crippen LogP contribution in [0.5, 0.6) is 17.2 Å². The number of carbonyl (C=O) groups is 3. The molecule has 0 aromatic heterocycles. The Kier molecular flexibility index (Phi) is 7.66. The molecule has 14 heteroatoms. The average Bonchev–Trinajstić information content (AvgIpc) is 3.07. The Morgan fingerprint density at radius 2 is 1.86 bits per heavy atom. The lowest BCUT2D eigenvalue weighted by Gasteiger charge is -2.13. The van der Waals surface area contributed by atoms with E-state index >= 15 is 0 Å². The van der Waals surface area contributed by atoms with E-state index in [-0.39, 0.29) is 34.3 Å². The molecule has 0 radical (unpaired) electrons. The molecular formula is C21H17N3O10S. The number of thioether (sulfide) groups is 1. The van der Waals surface area contributed by atoms with Crippen molar-refractivity contribution < 1.29 is 38.4 Å². The van der Waals surface area contributed by atoms with Gasteiger partial charge in [-0.15, -0.1) is 0 Å². The number of nitro benzene ring substituents is 2. The van der Waals surface area contributed by atoms with Crippen molar-refractivity contribution in [1.29, 1.82) is 0 Å². The zero-order chi connectivity index (χ0) is 25.7. The zero-order valence-electron chi connectivity index (χ0n) is 18.3. The minimum atomic E-state index is -0.835. The van der Waals surface area contributed by atoms with Gasteiger partial charge in [0.15, 0.2) is 11.5 Å². The van der Waals surface area contributed by atoms with Crippen molar-refractivity contribution in [3.63, 3.8) is 0 Å². The van der Waals surface area contributed by atoms with Crippen LogP contribution >= 0.6 is 11.8 Å². The van der Waals surface area contributed by atoms with Crippen LogP contribution < -0.4 is 9.47 Å². The summed E-state index contributed by atoms with van der Waals surface area (Å²) in [5.74, 6) is -1.69. The van der Waals surface area contributed by atoms with Crippen molar-refractivity contribution >= 4 is 46.3 Å². The quantitative estimate of drug-likeness (QED) is 0.210. The fourth-order valence-corrected chi connectivity index (χ4v) is 3.82. The fourth-order valence-electron chi connectivity index (χ4n) is 2.99. The normalized spacial score (nSPS) is 14.2. The molecule has 0 aliphatic carbocycles. The van der Waals surface area contributed by atoms with E-state index in [9.17, 15) is 34.6 Å². The number of non-ortho nitro benzene ring substituents is 1. The standard InChI is InChI=1S/C21H17N3O10S/c1-3-33-18(25)11-22-20(26)17(35-21(22)27)9-12-5-4-6-16(32-2)19(12)34-15-8-7-13(23(28)29)10-14(15)24(30)31/h4-10H,3,11H2,1-2H3/b17-9+. The summed E-state index contributed by atoms with van der Waals surface area (Å²) in [7, 11) is 1.32. The van der Waals surface area contributed by atoms with E-state index < -0.39 is 44.9 Å². The topological polar surface area (TPSA) is 168 Å². The Morgan fingerprint density at radius 1 is 1.11 bits per heavy atom. The van der Waals surface area contributed by atoms with E-state index in [1.54, 1.807) is 13.0 Å². The van der Waals surface area contributed by atoms with Gasteiger partial charge in [0, 0.05) is 11.6 Å². The fraction of sp³-hybridized carbons (Fsp3) is 0.190. The highest BCUT2D eigenvalue weighted by Crippen LogP contribution is 2.42. The number of carbonyl (C=O) groups excluding carboxylic acids is 3. The minimum absolute atomic E-state index is 0.0319. The number of amides is 2. The molecule has 3 rings (SSSR count). The largest absolute Gasteiger partial charge is 0.493 e. The Morgan fingerprint density at radius 3 is 2.49 bits per heavy atom. The second-order valence-electron chi connectivity index (χ2n) is 6.72. The third-order valence-corrected chi connectivity index (χ3v) is 5.45. The first kappa shape index (κ1) is 25.2. The average molecular weight is 503 g/mol. The van der Waals surface area contributed by atoms with Crippen LogP contribution in [0.15, 0.2) is 41.3 Å². The van der Waals surface area contributed by atoms with Crippen molar-refractivity contribution in [2.75, 3.05) is 20.3 Å². The van der Waals surface area contributed by atoms with Crippen LogP contribution in [0.2, 0.25) is 0 Å². The Bertz CT molecular complexity index is 1260. The molecule has 1 fully saturated rings. The molecule has 0 spiro atoms. The smallest absolute Gasteiger partial charge is 0.326 e. The summed E-state index contributed by atoms with van der Waals surface area (Å²) in [5, 5.41) is 21.8. The molecule has 2 aromatic carbocycles. The van der Waals surface area contributed by atoms with E-state index in [1.165, 1.54) is 25.3 Å². The van der Waals surface area contributed by atoms with Gasteiger partial charge in [0.2, 0.25) is 5.75 Å². The highest BCUT2D eigenvalue weighted by molar-refractivity contribution is 8.18. The number of hydrogen-bond acceptors (Lipinski definition) is 11.